The molecule has 4 aliphatic rings. The highest BCUT2D eigenvalue weighted by Gasteiger charge is 2.67. The molecule has 0 spiro atoms. The van der Waals surface area contributed by atoms with Crippen LogP contribution in [0.2, 0.25) is 0 Å². The smallest absolute Gasteiger partial charge is 0.310 e. The molecular weight excluding hydrogens is 504 g/mol. The van der Waals surface area contributed by atoms with E-state index >= 15 is 0 Å². The number of methoxy groups -OCH3 is 1. The number of hydrogen-bond acceptors (Lipinski definition) is 7. The number of nitrogens with zero attached hydrogens (tertiary/aromatic N) is 2. The van der Waals surface area contributed by atoms with Crippen LogP contribution in [0.5, 0.6) is 0 Å². The molecule has 4 fully saturated rings. The number of hydrogen-bond donors (Lipinski definition) is 2. The molecule has 2 N–H and O–H groups in total. The first kappa shape index (κ1) is 27.9. The van der Waals surface area contributed by atoms with Gasteiger partial charge in [-0.05, 0) is 39.0 Å². The summed E-state index contributed by atoms with van der Waals surface area (Å²) >= 11 is 0. The predicted octanol–water partition coefficient (Wildman–Crippen LogP) is 3.78. The second-order valence-electron chi connectivity index (χ2n) is 13.1. The zero-order valence-corrected chi connectivity index (χ0v) is 24.1. The van der Waals surface area contributed by atoms with Gasteiger partial charge in [-0.1, -0.05) is 67.6 Å². The van der Waals surface area contributed by atoms with Gasteiger partial charge < -0.3 is 19.7 Å². The maximum Gasteiger partial charge on any atom is 0.310 e. The van der Waals surface area contributed by atoms with Gasteiger partial charge in [0.2, 0.25) is 0 Å². The monoisotopic (exact) mass is 548 g/mol. The van der Waals surface area contributed by atoms with Gasteiger partial charge in [0.05, 0.1) is 17.1 Å². The normalized spacial score (nSPS) is 37.0. The number of piperazine rings is 1. The molecule has 0 amide bonds. The molecule has 216 valence electrons. The van der Waals surface area contributed by atoms with E-state index in [4.69, 9.17) is 9.47 Å². The fourth-order valence-electron chi connectivity index (χ4n) is 8.50. The number of aliphatic hydroxyl groups is 2. The second kappa shape index (κ2) is 10.2. The van der Waals surface area contributed by atoms with E-state index in [1.54, 1.807) is 7.11 Å². The number of carbonyl (C=O) groups excluding carboxylic acids is 1. The van der Waals surface area contributed by atoms with Crippen molar-refractivity contribution in [1.82, 2.24) is 9.80 Å². The van der Waals surface area contributed by atoms with Crippen LogP contribution in [0.1, 0.15) is 57.1 Å². The fourth-order valence-corrected chi connectivity index (χ4v) is 8.50. The van der Waals surface area contributed by atoms with Gasteiger partial charge in [0.25, 0.3) is 0 Å². The Kier molecular flexibility index (Phi) is 7.11. The molecule has 2 saturated carbocycles. The summed E-state index contributed by atoms with van der Waals surface area (Å²) in [7, 11) is 1.70. The van der Waals surface area contributed by atoms with Crippen molar-refractivity contribution in [3.63, 3.8) is 0 Å². The Bertz CT molecular complexity index is 1160. The summed E-state index contributed by atoms with van der Waals surface area (Å²) in [6, 6.07) is 19.7. The van der Waals surface area contributed by atoms with Crippen LogP contribution in [0.25, 0.3) is 0 Å². The van der Waals surface area contributed by atoms with Gasteiger partial charge in [-0.15, -0.1) is 0 Å². The van der Waals surface area contributed by atoms with Crippen LogP contribution in [0.15, 0.2) is 60.7 Å². The number of fused-ring (bicyclic) bond motifs is 2. The molecule has 2 aromatic rings. The zero-order chi connectivity index (χ0) is 28.2. The van der Waals surface area contributed by atoms with Crippen LogP contribution in [-0.2, 0) is 20.0 Å². The van der Waals surface area contributed by atoms with Crippen molar-refractivity contribution in [2.24, 2.45) is 17.3 Å². The predicted molar refractivity (Wildman–Crippen MR) is 152 cm³/mol. The van der Waals surface area contributed by atoms with Crippen molar-refractivity contribution in [2.75, 3.05) is 39.8 Å². The highest BCUT2D eigenvalue weighted by molar-refractivity contribution is 5.75. The first-order valence-corrected chi connectivity index (χ1v) is 14.9. The topological polar surface area (TPSA) is 82.5 Å². The first-order valence-electron chi connectivity index (χ1n) is 14.9. The Balaban J connectivity index is 1.18. The summed E-state index contributed by atoms with van der Waals surface area (Å²) in [5, 5.41) is 24.4. The van der Waals surface area contributed by atoms with Crippen molar-refractivity contribution in [1.29, 1.82) is 0 Å². The number of rotatable bonds is 6. The molecule has 2 aliphatic heterocycles. The minimum Gasteiger partial charge on any atom is -0.462 e. The first-order chi connectivity index (χ1) is 19.1. The lowest BCUT2D eigenvalue weighted by Gasteiger charge is -2.62. The summed E-state index contributed by atoms with van der Waals surface area (Å²) in [5.74, 6) is -0.426. The minimum atomic E-state index is -1.23. The molecular formula is C33H44N2O5. The van der Waals surface area contributed by atoms with E-state index < -0.39 is 16.9 Å². The third-order valence-corrected chi connectivity index (χ3v) is 11.1. The number of esters is 1. The van der Waals surface area contributed by atoms with Gasteiger partial charge in [0.15, 0.2) is 5.72 Å². The lowest BCUT2D eigenvalue weighted by molar-refractivity contribution is -0.270. The summed E-state index contributed by atoms with van der Waals surface area (Å²) in [5.41, 5.74) is -1.49. The largest absolute Gasteiger partial charge is 0.462 e. The standard InChI is InChI=1S/C33H44N2O5/c1-30-15-10-16-31(2,39-3)32(30,37)21-26-27(29(36)40-28(26)22-30)23-34-17-19-35(20-18-34)33(38,24-11-6-4-7-12-24)25-13-8-5-9-14-25/h4-9,11-14,26-28,37-38H,10,15-23H2,1-3H3/t26-,27?,28-,30-,31-,32?/m1/s1. The molecule has 0 radical (unpaired) electrons. The van der Waals surface area contributed by atoms with Crippen LogP contribution < -0.4 is 0 Å². The zero-order valence-electron chi connectivity index (χ0n) is 24.1. The Labute approximate surface area is 238 Å². The average molecular weight is 549 g/mol. The quantitative estimate of drug-likeness (QED) is 0.532. The van der Waals surface area contributed by atoms with E-state index in [2.05, 4.69) is 16.7 Å². The Hall–Kier alpha value is -2.29. The summed E-state index contributed by atoms with van der Waals surface area (Å²) in [4.78, 5) is 17.7. The minimum absolute atomic E-state index is 0.0262. The molecule has 7 heteroatoms. The fraction of sp³-hybridized carbons (Fsp3) is 0.606. The Morgan fingerprint density at radius 1 is 0.950 bits per heavy atom. The van der Waals surface area contributed by atoms with Crippen molar-refractivity contribution in [2.45, 2.75) is 69.0 Å². The maximum atomic E-state index is 13.2. The van der Waals surface area contributed by atoms with Crippen LogP contribution >= 0.6 is 0 Å². The summed E-state index contributed by atoms with van der Waals surface area (Å²) < 4.78 is 12.0. The van der Waals surface area contributed by atoms with Gasteiger partial charge in [-0.3, -0.25) is 14.6 Å². The average Bonchev–Trinajstić information content (AvgIpc) is 3.26. The molecule has 6 rings (SSSR count). The SMILES string of the molecule is CO[C@]1(C)CCC[C@]2(C)C[C@H]3OC(=O)C(CN4CCN(C(O)(c5ccccc5)c5ccccc5)CC4)[C@H]3CC21O. The van der Waals surface area contributed by atoms with Gasteiger partial charge in [-0.25, -0.2) is 0 Å². The second-order valence-corrected chi connectivity index (χ2v) is 13.1. The molecule has 0 aromatic heterocycles. The molecule has 2 unspecified atom stereocenters. The summed E-state index contributed by atoms with van der Waals surface area (Å²) in [6.45, 7) is 7.61. The number of benzene rings is 2. The van der Waals surface area contributed by atoms with Gasteiger partial charge in [0, 0.05) is 62.3 Å². The van der Waals surface area contributed by atoms with Gasteiger partial charge in [-0.2, -0.15) is 0 Å². The number of carbonyl (C=O) groups is 1. The van der Waals surface area contributed by atoms with Crippen molar-refractivity contribution in [3.05, 3.63) is 71.8 Å². The highest BCUT2D eigenvalue weighted by Crippen LogP contribution is 2.61. The molecule has 40 heavy (non-hydrogen) atoms. The van der Waals surface area contributed by atoms with E-state index in [-0.39, 0.29) is 29.3 Å². The molecule has 6 atom stereocenters. The van der Waals surface area contributed by atoms with E-state index in [0.29, 0.717) is 32.5 Å². The van der Waals surface area contributed by atoms with Crippen LogP contribution in [-0.4, -0.2) is 83.1 Å². The van der Waals surface area contributed by atoms with Gasteiger partial charge >= 0.3 is 5.97 Å². The van der Waals surface area contributed by atoms with Crippen molar-refractivity contribution < 1.29 is 24.5 Å². The lowest BCUT2D eigenvalue weighted by Crippen LogP contribution is -2.69. The van der Waals surface area contributed by atoms with Gasteiger partial charge in [0.1, 0.15) is 6.10 Å². The van der Waals surface area contributed by atoms with E-state index in [1.165, 1.54) is 0 Å². The van der Waals surface area contributed by atoms with E-state index in [9.17, 15) is 15.0 Å². The van der Waals surface area contributed by atoms with Crippen LogP contribution in [0.3, 0.4) is 0 Å². The van der Waals surface area contributed by atoms with E-state index in [0.717, 1.165) is 43.5 Å². The number of ether oxygens (including phenoxy) is 2. The van der Waals surface area contributed by atoms with Crippen molar-refractivity contribution in [3.8, 4) is 0 Å². The molecule has 2 saturated heterocycles. The molecule has 2 heterocycles. The van der Waals surface area contributed by atoms with Crippen LogP contribution in [0, 0.1) is 17.3 Å². The third-order valence-electron chi connectivity index (χ3n) is 11.1. The molecule has 2 aliphatic carbocycles. The maximum absolute atomic E-state index is 13.2. The molecule has 2 aromatic carbocycles. The highest BCUT2D eigenvalue weighted by atomic mass is 16.6. The van der Waals surface area contributed by atoms with E-state index in [1.807, 2.05) is 67.6 Å². The lowest BCUT2D eigenvalue weighted by atomic mass is 9.49. The third kappa shape index (κ3) is 4.24. The van der Waals surface area contributed by atoms with Crippen molar-refractivity contribution >= 4 is 5.97 Å². The Morgan fingerprint density at radius 2 is 1.55 bits per heavy atom. The summed E-state index contributed by atoms with van der Waals surface area (Å²) in [6.07, 6.45) is 3.80. The molecule has 0 bridgehead atoms. The van der Waals surface area contributed by atoms with Crippen LogP contribution in [0.4, 0.5) is 0 Å². The molecule has 7 nitrogen and oxygen atoms in total. The Morgan fingerprint density at radius 3 is 2.12 bits per heavy atom.